The van der Waals surface area contributed by atoms with Gasteiger partial charge in [0, 0.05) is 6.04 Å². The Morgan fingerprint density at radius 3 is 2.68 bits per heavy atom. The van der Waals surface area contributed by atoms with E-state index in [9.17, 15) is 9.59 Å². The van der Waals surface area contributed by atoms with Crippen LogP contribution in [0.3, 0.4) is 0 Å². The lowest BCUT2D eigenvalue weighted by Crippen LogP contribution is -2.38. The summed E-state index contributed by atoms with van der Waals surface area (Å²) in [5.74, 6) is -0.260. The molecule has 1 unspecified atom stereocenters. The van der Waals surface area contributed by atoms with E-state index in [0.717, 1.165) is 5.56 Å². The van der Waals surface area contributed by atoms with Gasteiger partial charge in [0.25, 0.3) is 5.91 Å². The molecule has 0 aromatic heterocycles. The SMILES string of the molecule is CNC(C)c1ccc(OCC(=O)NC(N)=O)c(Cl)c1. The molecule has 0 aliphatic rings. The van der Waals surface area contributed by atoms with Crippen molar-refractivity contribution in [3.63, 3.8) is 0 Å². The lowest BCUT2D eigenvalue weighted by atomic mass is 10.1. The Morgan fingerprint density at radius 1 is 1.47 bits per heavy atom. The standard InChI is InChI=1S/C12H16ClN3O3/c1-7(15-2)8-3-4-10(9(13)5-8)19-6-11(17)16-12(14)18/h3-5,7,15H,6H2,1-2H3,(H3,14,16,17,18). The molecular weight excluding hydrogens is 270 g/mol. The van der Waals surface area contributed by atoms with Gasteiger partial charge in [-0.3, -0.25) is 10.1 Å². The Morgan fingerprint density at radius 2 is 2.16 bits per heavy atom. The maximum Gasteiger partial charge on any atom is 0.318 e. The van der Waals surface area contributed by atoms with E-state index in [4.69, 9.17) is 22.1 Å². The Hall–Kier alpha value is -1.79. The lowest BCUT2D eigenvalue weighted by Gasteiger charge is -2.13. The van der Waals surface area contributed by atoms with Crippen molar-refractivity contribution in [2.24, 2.45) is 5.73 Å². The van der Waals surface area contributed by atoms with Crippen LogP contribution in [0.1, 0.15) is 18.5 Å². The van der Waals surface area contributed by atoms with E-state index in [1.165, 1.54) is 0 Å². The first kappa shape index (κ1) is 15.3. The highest BCUT2D eigenvalue weighted by Gasteiger charge is 2.10. The fourth-order valence-corrected chi connectivity index (χ4v) is 1.63. The summed E-state index contributed by atoms with van der Waals surface area (Å²) >= 11 is 6.04. The predicted molar refractivity (Wildman–Crippen MR) is 72.1 cm³/mol. The van der Waals surface area contributed by atoms with Crippen molar-refractivity contribution < 1.29 is 14.3 Å². The zero-order valence-electron chi connectivity index (χ0n) is 10.7. The van der Waals surface area contributed by atoms with Crippen LogP contribution in [0.4, 0.5) is 4.79 Å². The number of benzene rings is 1. The van der Waals surface area contributed by atoms with E-state index in [0.29, 0.717) is 10.8 Å². The van der Waals surface area contributed by atoms with Crippen LogP contribution in [0, 0.1) is 0 Å². The second-order valence-electron chi connectivity index (χ2n) is 3.90. The summed E-state index contributed by atoms with van der Waals surface area (Å²) in [4.78, 5) is 21.6. The van der Waals surface area contributed by atoms with E-state index in [1.807, 2.05) is 25.4 Å². The maximum absolute atomic E-state index is 11.2. The van der Waals surface area contributed by atoms with E-state index < -0.39 is 11.9 Å². The normalized spacial score (nSPS) is 11.7. The van der Waals surface area contributed by atoms with Crippen LogP contribution in [0.5, 0.6) is 5.75 Å². The third-order valence-electron chi connectivity index (χ3n) is 2.51. The topological polar surface area (TPSA) is 93.4 Å². The predicted octanol–water partition coefficient (Wildman–Crippen LogP) is 1.19. The van der Waals surface area contributed by atoms with Gasteiger partial charge < -0.3 is 15.8 Å². The molecule has 0 fully saturated rings. The quantitative estimate of drug-likeness (QED) is 0.757. The minimum Gasteiger partial charge on any atom is -0.482 e. The van der Waals surface area contributed by atoms with Crippen molar-refractivity contribution in [3.05, 3.63) is 28.8 Å². The maximum atomic E-state index is 11.2. The molecule has 1 aromatic rings. The smallest absolute Gasteiger partial charge is 0.318 e. The Kier molecular flexibility index (Phi) is 5.59. The van der Waals surface area contributed by atoms with Crippen LogP contribution < -0.4 is 21.1 Å². The number of hydrogen-bond acceptors (Lipinski definition) is 4. The Balaban J connectivity index is 2.65. The summed E-state index contributed by atoms with van der Waals surface area (Å²) in [5, 5.41) is 5.37. The number of carbonyl (C=O) groups excluding carboxylic acids is 2. The van der Waals surface area contributed by atoms with Gasteiger partial charge in [-0.2, -0.15) is 0 Å². The molecule has 1 rings (SSSR count). The summed E-state index contributed by atoms with van der Waals surface area (Å²) < 4.78 is 5.20. The summed E-state index contributed by atoms with van der Waals surface area (Å²) in [6.45, 7) is 1.66. The van der Waals surface area contributed by atoms with E-state index in [1.54, 1.807) is 12.1 Å². The van der Waals surface area contributed by atoms with Crippen molar-refractivity contribution in [2.75, 3.05) is 13.7 Å². The minimum absolute atomic E-state index is 0.157. The first-order valence-corrected chi connectivity index (χ1v) is 6.00. The van der Waals surface area contributed by atoms with Crippen LogP contribution in [0.15, 0.2) is 18.2 Å². The van der Waals surface area contributed by atoms with Crippen LogP contribution in [0.25, 0.3) is 0 Å². The van der Waals surface area contributed by atoms with Gasteiger partial charge in [-0.1, -0.05) is 17.7 Å². The number of halogens is 1. The van der Waals surface area contributed by atoms with Gasteiger partial charge in [-0.25, -0.2) is 4.79 Å². The third-order valence-corrected chi connectivity index (χ3v) is 2.81. The number of primary amides is 1. The van der Waals surface area contributed by atoms with E-state index >= 15 is 0 Å². The fraction of sp³-hybridized carbons (Fsp3) is 0.333. The van der Waals surface area contributed by atoms with Gasteiger partial charge in [-0.15, -0.1) is 0 Å². The lowest BCUT2D eigenvalue weighted by molar-refractivity contribution is -0.121. The van der Waals surface area contributed by atoms with Crippen molar-refractivity contribution in [3.8, 4) is 5.75 Å². The number of carbonyl (C=O) groups is 2. The van der Waals surface area contributed by atoms with Gasteiger partial charge in [0.1, 0.15) is 5.75 Å². The molecule has 3 amide bonds. The number of imide groups is 1. The van der Waals surface area contributed by atoms with Crippen molar-refractivity contribution in [1.29, 1.82) is 0 Å². The molecule has 1 atom stereocenters. The first-order chi connectivity index (χ1) is 8.93. The largest absolute Gasteiger partial charge is 0.482 e. The summed E-state index contributed by atoms with van der Waals surface area (Å²) in [6, 6.07) is 4.50. The van der Waals surface area contributed by atoms with Gasteiger partial charge in [0.05, 0.1) is 5.02 Å². The molecule has 0 heterocycles. The fourth-order valence-electron chi connectivity index (χ4n) is 1.39. The molecule has 1 aromatic carbocycles. The minimum atomic E-state index is -0.919. The van der Waals surface area contributed by atoms with Gasteiger partial charge in [-0.05, 0) is 31.7 Å². The van der Waals surface area contributed by atoms with Gasteiger partial charge in [0.15, 0.2) is 6.61 Å². The highest BCUT2D eigenvalue weighted by atomic mass is 35.5. The van der Waals surface area contributed by atoms with Gasteiger partial charge in [0.2, 0.25) is 0 Å². The molecule has 0 aliphatic carbocycles. The van der Waals surface area contributed by atoms with Crippen molar-refractivity contribution in [1.82, 2.24) is 10.6 Å². The number of ether oxygens (including phenoxy) is 1. The number of rotatable bonds is 5. The summed E-state index contributed by atoms with van der Waals surface area (Å²) in [6.07, 6.45) is 0. The van der Waals surface area contributed by atoms with Crippen LogP contribution >= 0.6 is 11.6 Å². The average molecular weight is 286 g/mol. The molecule has 104 valence electrons. The molecule has 0 saturated heterocycles. The molecule has 7 heteroatoms. The first-order valence-electron chi connectivity index (χ1n) is 5.62. The monoisotopic (exact) mass is 285 g/mol. The summed E-state index contributed by atoms with van der Waals surface area (Å²) in [7, 11) is 1.84. The summed E-state index contributed by atoms with van der Waals surface area (Å²) in [5.41, 5.74) is 5.80. The van der Waals surface area contributed by atoms with E-state index in [2.05, 4.69) is 5.32 Å². The number of nitrogens with two attached hydrogens (primary N) is 1. The van der Waals surface area contributed by atoms with Crippen molar-refractivity contribution >= 4 is 23.5 Å². The number of urea groups is 1. The Labute approximate surface area is 116 Å². The molecule has 0 spiro atoms. The third kappa shape index (κ3) is 4.76. The van der Waals surface area contributed by atoms with Crippen LogP contribution in [-0.4, -0.2) is 25.6 Å². The zero-order chi connectivity index (χ0) is 14.4. The van der Waals surface area contributed by atoms with Crippen LogP contribution in [0.2, 0.25) is 5.02 Å². The van der Waals surface area contributed by atoms with E-state index in [-0.39, 0.29) is 12.6 Å². The highest BCUT2D eigenvalue weighted by molar-refractivity contribution is 6.32. The van der Waals surface area contributed by atoms with Gasteiger partial charge >= 0.3 is 6.03 Å². The molecule has 19 heavy (non-hydrogen) atoms. The van der Waals surface area contributed by atoms with Crippen LogP contribution in [-0.2, 0) is 4.79 Å². The number of nitrogens with one attached hydrogen (secondary N) is 2. The molecule has 4 N–H and O–H groups in total. The number of hydrogen-bond donors (Lipinski definition) is 3. The second-order valence-corrected chi connectivity index (χ2v) is 4.31. The Bertz CT molecular complexity index is 479. The molecule has 6 nitrogen and oxygen atoms in total. The number of amides is 3. The highest BCUT2D eigenvalue weighted by Crippen LogP contribution is 2.27. The molecule has 0 bridgehead atoms. The molecular formula is C12H16ClN3O3. The zero-order valence-corrected chi connectivity index (χ0v) is 11.5. The molecule has 0 radical (unpaired) electrons. The second kappa shape index (κ2) is 6.96. The molecule has 0 saturated carbocycles. The van der Waals surface area contributed by atoms with Crippen molar-refractivity contribution in [2.45, 2.75) is 13.0 Å². The average Bonchev–Trinajstić information content (AvgIpc) is 2.35. The molecule has 0 aliphatic heterocycles.